The van der Waals surface area contributed by atoms with Crippen LogP contribution in [0.25, 0.3) is 0 Å². The third kappa shape index (κ3) is 3.11. The summed E-state index contributed by atoms with van der Waals surface area (Å²) in [5.74, 6) is 0.239. The largest absolute Gasteiger partial charge is 0.207 e. The lowest BCUT2D eigenvalue weighted by atomic mass is 9.96. The van der Waals surface area contributed by atoms with Crippen LogP contribution in [0.4, 0.5) is 4.39 Å². The topological polar surface area (TPSA) is 0 Å². The van der Waals surface area contributed by atoms with Crippen molar-refractivity contribution in [2.75, 3.05) is 5.33 Å². The first-order valence-electron chi connectivity index (χ1n) is 4.56. The summed E-state index contributed by atoms with van der Waals surface area (Å²) in [6.45, 7) is 2.07. The third-order valence-corrected chi connectivity index (χ3v) is 2.77. The zero-order valence-electron chi connectivity index (χ0n) is 7.76. The molecule has 1 aromatic carbocycles. The van der Waals surface area contributed by atoms with Crippen LogP contribution in [0.3, 0.4) is 0 Å². The molecule has 0 aromatic heterocycles. The number of benzene rings is 1. The predicted molar refractivity (Wildman–Crippen MR) is 57.8 cm³/mol. The van der Waals surface area contributed by atoms with Crippen LogP contribution >= 0.6 is 15.9 Å². The Bertz CT molecular complexity index is 260. The van der Waals surface area contributed by atoms with Crippen LogP contribution in [-0.2, 0) is 0 Å². The molecule has 0 saturated carbocycles. The second-order valence-corrected chi connectivity index (χ2v) is 4.05. The van der Waals surface area contributed by atoms with Gasteiger partial charge in [-0.15, -0.1) is 0 Å². The SMILES string of the molecule is CC(CCCBr)c1ccccc1F. The average molecular weight is 245 g/mol. The third-order valence-electron chi connectivity index (χ3n) is 2.21. The molecular formula is C11H14BrF. The molecule has 1 rings (SSSR count). The normalized spacial score (nSPS) is 12.8. The fraction of sp³-hybridized carbons (Fsp3) is 0.455. The first kappa shape index (κ1) is 10.7. The van der Waals surface area contributed by atoms with Crippen LogP contribution < -0.4 is 0 Å². The van der Waals surface area contributed by atoms with Gasteiger partial charge in [-0.1, -0.05) is 41.1 Å². The summed E-state index contributed by atoms with van der Waals surface area (Å²) in [5.41, 5.74) is 0.837. The van der Waals surface area contributed by atoms with Gasteiger partial charge in [0, 0.05) is 5.33 Å². The first-order valence-corrected chi connectivity index (χ1v) is 5.68. The van der Waals surface area contributed by atoms with E-state index in [0.29, 0.717) is 5.92 Å². The highest BCUT2D eigenvalue weighted by Crippen LogP contribution is 2.23. The fourth-order valence-corrected chi connectivity index (χ4v) is 1.74. The van der Waals surface area contributed by atoms with Crippen molar-refractivity contribution in [1.29, 1.82) is 0 Å². The quantitative estimate of drug-likeness (QED) is 0.700. The maximum atomic E-state index is 13.3. The highest BCUT2D eigenvalue weighted by atomic mass is 79.9. The van der Waals surface area contributed by atoms with Gasteiger partial charge in [0.15, 0.2) is 0 Å². The van der Waals surface area contributed by atoms with Gasteiger partial charge in [-0.2, -0.15) is 0 Å². The van der Waals surface area contributed by atoms with Crippen molar-refractivity contribution in [3.8, 4) is 0 Å². The van der Waals surface area contributed by atoms with Crippen LogP contribution in [0.1, 0.15) is 31.2 Å². The van der Waals surface area contributed by atoms with Gasteiger partial charge in [-0.05, 0) is 30.4 Å². The highest BCUT2D eigenvalue weighted by Gasteiger charge is 2.08. The maximum absolute atomic E-state index is 13.3. The monoisotopic (exact) mass is 244 g/mol. The maximum Gasteiger partial charge on any atom is 0.126 e. The number of hydrogen-bond donors (Lipinski definition) is 0. The van der Waals surface area contributed by atoms with Crippen molar-refractivity contribution in [1.82, 2.24) is 0 Å². The van der Waals surface area contributed by atoms with Crippen LogP contribution in [0, 0.1) is 5.82 Å². The molecule has 0 bridgehead atoms. The van der Waals surface area contributed by atoms with Gasteiger partial charge < -0.3 is 0 Å². The molecule has 13 heavy (non-hydrogen) atoms. The van der Waals surface area contributed by atoms with Crippen molar-refractivity contribution in [3.63, 3.8) is 0 Å². The molecule has 0 aliphatic carbocycles. The minimum absolute atomic E-state index is 0.0791. The molecule has 0 aliphatic rings. The van der Waals surface area contributed by atoms with Crippen LogP contribution in [-0.4, -0.2) is 5.33 Å². The van der Waals surface area contributed by atoms with Gasteiger partial charge in [0.1, 0.15) is 5.82 Å². The molecule has 72 valence electrons. The summed E-state index contributed by atoms with van der Waals surface area (Å²) in [5, 5.41) is 0.992. The molecule has 0 amide bonds. The second-order valence-electron chi connectivity index (χ2n) is 3.25. The number of rotatable bonds is 4. The Morgan fingerprint density at radius 3 is 2.69 bits per heavy atom. The molecule has 0 N–H and O–H groups in total. The van der Waals surface area contributed by atoms with Gasteiger partial charge in [0.05, 0.1) is 0 Å². The summed E-state index contributed by atoms with van der Waals surface area (Å²) in [6.07, 6.45) is 2.13. The minimum Gasteiger partial charge on any atom is -0.207 e. The Labute approximate surface area is 87.3 Å². The second kappa shape index (κ2) is 5.38. The van der Waals surface area contributed by atoms with Gasteiger partial charge in [0.25, 0.3) is 0 Å². The zero-order chi connectivity index (χ0) is 9.68. The van der Waals surface area contributed by atoms with Gasteiger partial charge >= 0.3 is 0 Å². The molecule has 1 atom stereocenters. The molecule has 1 unspecified atom stereocenters. The molecular weight excluding hydrogens is 231 g/mol. The fourth-order valence-electron chi connectivity index (χ4n) is 1.41. The molecule has 0 saturated heterocycles. The standard InChI is InChI=1S/C11H14BrF/c1-9(5-4-8-12)10-6-2-3-7-11(10)13/h2-3,6-7,9H,4-5,8H2,1H3. The molecule has 0 heterocycles. The first-order chi connectivity index (χ1) is 6.25. The molecule has 0 spiro atoms. The van der Waals surface area contributed by atoms with Gasteiger partial charge in [-0.25, -0.2) is 4.39 Å². The number of alkyl halides is 1. The Morgan fingerprint density at radius 1 is 1.38 bits per heavy atom. The Balaban J connectivity index is 2.65. The lowest BCUT2D eigenvalue weighted by Gasteiger charge is -2.11. The van der Waals surface area contributed by atoms with E-state index in [2.05, 4.69) is 22.9 Å². The number of halogens is 2. The van der Waals surface area contributed by atoms with Crippen LogP contribution in [0.15, 0.2) is 24.3 Å². The van der Waals surface area contributed by atoms with E-state index in [4.69, 9.17) is 0 Å². The molecule has 0 nitrogen and oxygen atoms in total. The van der Waals surface area contributed by atoms with Crippen molar-refractivity contribution in [2.24, 2.45) is 0 Å². The zero-order valence-corrected chi connectivity index (χ0v) is 9.35. The predicted octanol–water partition coefficient (Wildman–Crippen LogP) is 4.10. The summed E-state index contributed by atoms with van der Waals surface area (Å²) < 4.78 is 13.3. The van der Waals surface area contributed by atoms with E-state index in [0.717, 1.165) is 23.7 Å². The Hall–Kier alpha value is -0.370. The molecule has 2 heteroatoms. The average Bonchev–Trinajstić information content (AvgIpc) is 2.15. The van der Waals surface area contributed by atoms with Crippen LogP contribution in [0.5, 0.6) is 0 Å². The Morgan fingerprint density at radius 2 is 2.08 bits per heavy atom. The lowest BCUT2D eigenvalue weighted by Crippen LogP contribution is -1.97. The van der Waals surface area contributed by atoms with Crippen molar-refractivity contribution in [3.05, 3.63) is 35.6 Å². The molecule has 1 aromatic rings. The summed E-state index contributed by atoms with van der Waals surface area (Å²) >= 11 is 3.38. The van der Waals surface area contributed by atoms with Crippen LogP contribution in [0.2, 0.25) is 0 Å². The summed E-state index contributed by atoms with van der Waals surface area (Å²) in [7, 11) is 0. The minimum atomic E-state index is -0.0791. The van der Waals surface area contributed by atoms with Crippen molar-refractivity contribution in [2.45, 2.75) is 25.7 Å². The van der Waals surface area contributed by atoms with Gasteiger partial charge in [-0.3, -0.25) is 0 Å². The van der Waals surface area contributed by atoms with E-state index in [1.54, 1.807) is 6.07 Å². The highest BCUT2D eigenvalue weighted by molar-refractivity contribution is 9.09. The van der Waals surface area contributed by atoms with E-state index >= 15 is 0 Å². The molecule has 0 radical (unpaired) electrons. The smallest absolute Gasteiger partial charge is 0.126 e. The van der Waals surface area contributed by atoms with E-state index < -0.39 is 0 Å². The van der Waals surface area contributed by atoms with E-state index in [-0.39, 0.29) is 5.82 Å². The van der Waals surface area contributed by atoms with Crippen molar-refractivity contribution >= 4 is 15.9 Å². The summed E-state index contributed by atoms with van der Waals surface area (Å²) in [6, 6.07) is 7.02. The molecule has 0 fully saturated rings. The summed E-state index contributed by atoms with van der Waals surface area (Å²) in [4.78, 5) is 0. The van der Waals surface area contributed by atoms with Crippen molar-refractivity contribution < 1.29 is 4.39 Å². The van der Waals surface area contributed by atoms with E-state index in [1.165, 1.54) is 6.07 Å². The molecule has 0 aliphatic heterocycles. The lowest BCUT2D eigenvalue weighted by molar-refractivity contribution is 0.572. The van der Waals surface area contributed by atoms with Gasteiger partial charge in [0.2, 0.25) is 0 Å². The Kier molecular flexibility index (Phi) is 4.43. The van der Waals surface area contributed by atoms with E-state index in [1.807, 2.05) is 12.1 Å². The number of hydrogen-bond acceptors (Lipinski definition) is 0. The van der Waals surface area contributed by atoms with E-state index in [9.17, 15) is 4.39 Å².